The van der Waals surface area contributed by atoms with Crippen molar-refractivity contribution < 1.29 is 9.53 Å². The minimum atomic E-state index is -0.268. The minimum absolute atomic E-state index is 0.0491. The number of anilines is 1. The molecule has 0 fully saturated rings. The number of fused-ring (bicyclic) bond motifs is 1. The third-order valence-electron chi connectivity index (χ3n) is 4.28. The Hall–Kier alpha value is -2.48. The molecule has 0 atom stereocenters. The van der Waals surface area contributed by atoms with Crippen LogP contribution in [0.4, 0.5) is 5.69 Å². The Morgan fingerprint density at radius 2 is 2.10 bits per heavy atom. The zero-order valence-corrected chi connectivity index (χ0v) is 18.7. The lowest BCUT2D eigenvalue weighted by Gasteiger charge is -2.13. The molecule has 0 aliphatic rings. The summed E-state index contributed by atoms with van der Waals surface area (Å²) >= 11 is 13.3. The Balaban J connectivity index is 1.85. The molecule has 3 rings (SSSR count). The van der Waals surface area contributed by atoms with Crippen molar-refractivity contribution in [2.24, 2.45) is 0 Å². The first-order valence-corrected chi connectivity index (χ1v) is 10.7. The molecule has 0 bridgehead atoms. The van der Waals surface area contributed by atoms with Gasteiger partial charge >= 0.3 is 0 Å². The Bertz CT molecular complexity index is 1190. The zero-order valence-electron chi connectivity index (χ0n) is 16.4. The summed E-state index contributed by atoms with van der Waals surface area (Å²) in [6.07, 6.45) is 1.60. The van der Waals surface area contributed by atoms with Gasteiger partial charge in [-0.3, -0.25) is 14.2 Å². The molecule has 156 valence electrons. The number of hydrogen-bond donors (Lipinski definition) is 1. The minimum Gasteiger partial charge on any atom is -0.495 e. The summed E-state index contributed by atoms with van der Waals surface area (Å²) in [5.74, 6) is 0.247. The number of carbonyl (C=O) groups is 1. The second-order valence-corrected chi connectivity index (χ2v) is 8.18. The zero-order chi connectivity index (χ0) is 21.8. The second kappa shape index (κ2) is 9.55. The van der Waals surface area contributed by atoms with E-state index in [-0.39, 0.29) is 23.8 Å². The number of thioether (sulfide) groups is 1. The molecule has 2 aromatic carbocycles. The molecule has 0 saturated heterocycles. The van der Waals surface area contributed by atoms with Gasteiger partial charge in [0.2, 0.25) is 5.91 Å². The summed E-state index contributed by atoms with van der Waals surface area (Å²) in [4.78, 5) is 29.9. The fraction of sp³-hybridized carbons (Fsp3) is 0.190. The number of aryl methyl sites for hydroxylation is 1. The molecular formula is C21H19Cl2N3O3S. The van der Waals surface area contributed by atoms with Gasteiger partial charge in [-0.2, -0.15) is 0 Å². The fourth-order valence-electron chi connectivity index (χ4n) is 2.82. The molecule has 0 aliphatic heterocycles. The molecule has 1 aromatic heterocycles. The molecule has 1 N–H and O–H groups in total. The van der Waals surface area contributed by atoms with Gasteiger partial charge in [-0.25, -0.2) is 4.98 Å². The summed E-state index contributed by atoms with van der Waals surface area (Å²) in [6, 6.07) is 8.34. The molecule has 3 aromatic rings. The highest BCUT2D eigenvalue weighted by atomic mass is 35.5. The number of benzene rings is 2. The molecule has 0 saturated carbocycles. The maximum absolute atomic E-state index is 12.9. The number of nitrogens with one attached hydrogen (secondary N) is 1. The number of ether oxygens (including phenoxy) is 1. The van der Waals surface area contributed by atoms with Gasteiger partial charge < -0.3 is 10.1 Å². The molecule has 6 nitrogen and oxygen atoms in total. The highest BCUT2D eigenvalue weighted by Gasteiger charge is 2.15. The third kappa shape index (κ3) is 4.80. The number of methoxy groups -OCH3 is 1. The van der Waals surface area contributed by atoms with Crippen molar-refractivity contribution >= 4 is 57.5 Å². The lowest BCUT2D eigenvalue weighted by molar-refractivity contribution is -0.113. The van der Waals surface area contributed by atoms with Gasteiger partial charge in [0, 0.05) is 22.7 Å². The van der Waals surface area contributed by atoms with Crippen molar-refractivity contribution in [1.29, 1.82) is 0 Å². The van der Waals surface area contributed by atoms with Crippen LogP contribution in [0.5, 0.6) is 5.75 Å². The highest BCUT2D eigenvalue weighted by molar-refractivity contribution is 7.99. The van der Waals surface area contributed by atoms with E-state index in [1.807, 2.05) is 6.92 Å². The number of hydrogen-bond acceptors (Lipinski definition) is 5. The van der Waals surface area contributed by atoms with Gasteiger partial charge in [0.1, 0.15) is 5.75 Å². The monoisotopic (exact) mass is 463 g/mol. The third-order valence-corrected chi connectivity index (χ3v) is 5.90. The van der Waals surface area contributed by atoms with E-state index in [0.717, 1.165) is 17.3 Å². The van der Waals surface area contributed by atoms with Gasteiger partial charge in [-0.05, 0) is 36.8 Å². The number of amides is 1. The lowest BCUT2D eigenvalue weighted by atomic mass is 10.2. The molecule has 30 heavy (non-hydrogen) atoms. The van der Waals surface area contributed by atoms with Crippen molar-refractivity contribution in [2.75, 3.05) is 18.2 Å². The van der Waals surface area contributed by atoms with E-state index in [0.29, 0.717) is 37.5 Å². The number of halogens is 2. The van der Waals surface area contributed by atoms with Gasteiger partial charge in [0.05, 0.1) is 29.5 Å². The van der Waals surface area contributed by atoms with Crippen LogP contribution in [0.1, 0.15) is 5.56 Å². The molecule has 1 amide bonds. The average molecular weight is 464 g/mol. The van der Waals surface area contributed by atoms with Gasteiger partial charge in [0.15, 0.2) is 5.16 Å². The summed E-state index contributed by atoms with van der Waals surface area (Å²) in [7, 11) is 1.50. The van der Waals surface area contributed by atoms with Crippen LogP contribution in [0.3, 0.4) is 0 Å². The van der Waals surface area contributed by atoms with E-state index in [1.165, 1.54) is 11.7 Å². The number of aromatic nitrogens is 2. The Morgan fingerprint density at radius 1 is 1.33 bits per heavy atom. The molecule has 0 radical (unpaired) electrons. The highest BCUT2D eigenvalue weighted by Crippen LogP contribution is 2.31. The van der Waals surface area contributed by atoms with Crippen LogP contribution in [0.2, 0.25) is 10.0 Å². The average Bonchev–Trinajstić information content (AvgIpc) is 2.72. The quantitative estimate of drug-likeness (QED) is 0.305. The molecule has 9 heteroatoms. The molecule has 1 heterocycles. The van der Waals surface area contributed by atoms with Crippen molar-refractivity contribution in [3.05, 3.63) is 68.9 Å². The predicted molar refractivity (Wildman–Crippen MR) is 123 cm³/mol. The van der Waals surface area contributed by atoms with E-state index in [9.17, 15) is 9.59 Å². The summed E-state index contributed by atoms with van der Waals surface area (Å²) in [5.41, 5.74) is 1.62. The van der Waals surface area contributed by atoms with Crippen molar-refractivity contribution in [2.45, 2.75) is 18.6 Å². The smallest absolute Gasteiger partial charge is 0.262 e. The molecule has 0 aliphatic carbocycles. The van der Waals surface area contributed by atoms with E-state index >= 15 is 0 Å². The van der Waals surface area contributed by atoms with E-state index < -0.39 is 0 Å². The van der Waals surface area contributed by atoms with Crippen LogP contribution in [0.25, 0.3) is 10.9 Å². The first-order chi connectivity index (χ1) is 14.3. The first-order valence-electron chi connectivity index (χ1n) is 8.91. The van der Waals surface area contributed by atoms with Crippen molar-refractivity contribution in [3.63, 3.8) is 0 Å². The fourth-order valence-corrected chi connectivity index (χ4v) is 3.95. The topological polar surface area (TPSA) is 73.2 Å². The standard InChI is InChI=1S/C21H19Cl2N3O3S/c1-4-7-26-20(28)14-9-13(22)5-6-16(14)25-21(26)30-11-19(27)24-17-8-12(2)15(23)10-18(17)29-3/h4-6,8-10H,1,7,11H2,2-3H3,(H,24,27). The predicted octanol–water partition coefficient (Wildman–Crippen LogP) is 4.94. The van der Waals surface area contributed by atoms with E-state index in [4.69, 9.17) is 27.9 Å². The lowest BCUT2D eigenvalue weighted by Crippen LogP contribution is -2.24. The van der Waals surface area contributed by atoms with Gasteiger partial charge in [-0.15, -0.1) is 6.58 Å². The molecule has 0 spiro atoms. The first kappa shape index (κ1) is 22.2. The Labute approximate surface area is 187 Å². The van der Waals surface area contributed by atoms with Crippen molar-refractivity contribution in [3.8, 4) is 5.75 Å². The molecular weight excluding hydrogens is 445 g/mol. The summed E-state index contributed by atoms with van der Waals surface area (Å²) in [5, 5.41) is 4.66. The summed E-state index contributed by atoms with van der Waals surface area (Å²) in [6.45, 7) is 5.80. The van der Waals surface area contributed by atoms with Gasteiger partial charge in [-0.1, -0.05) is 41.0 Å². The Morgan fingerprint density at radius 3 is 2.80 bits per heavy atom. The molecule has 0 unspecified atom stereocenters. The normalized spacial score (nSPS) is 10.8. The maximum atomic E-state index is 12.9. The van der Waals surface area contributed by atoms with E-state index in [1.54, 1.807) is 36.4 Å². The Kier molecular flexibility index (Phi) is 7.07. The number of carbonyl (C=O) groups excluding carboxylic acids is 1. The van der Waals surface area contributed by atoms with Crippen LogP contribution in [0, 0.1) is 6.92 Å². The number of allylic oxidation sites excluding steroid dienone is 1. The number of nitrogens with zero attached hydrogens (tertiary/aromatic N) is 2. The number of rotatable bonds is 7. The van der Waals surface area contributed by atoms with Crippen LogP contribution in [-0.4, -0.2) is 28.3 Å². The SMILES string of the molecule is C=CCn1c(SCC(=O)Nc2cc(C)c(Cl)cc2OC)nc2ccc(Cl)cc2c1=O. The largest absolute Gasteiger partial charge is 0.495 e. The maximum Gasteiger partial charge on any atom is 0.262 e. The second-order valence-electron chi connectivity index (χ2n) is 6.40. The van der Waals surface area contributed by atoms with Crippen LogP contribution >= 0.6 is 35.0 Å². The van der Waals surface area contributed by atoms with E-state index in [2.05, 4.69) is 16.9 Å². The van der Waals surface area contributed by atoms with Crippen LogP contribution < -0.4 is 15.6 Å². The summed E-state index contributed by atoms with van der Waals surface area (Å²) < 4.78 is 6.75. The van der Waals surface area contributed by atoms with Crippen molar-refractivity contribution in [1.82, 2.24) is 9.55 Å². The van der Waals surface area contributed by atoms with Gasteiger partial charge in [0.25, 0.3) is 5.56 Å². The van der Waals surface area contributed by atoms with Crippen LogP contribution in [-0.2, 0) is 11.3 Å². The van der Waals surface area contributed by atoms with Crippen LogP contribution in [0.15, 0.2) is 52.9 Å².